The molecular weight excluding hydrogens is 493 g/mol. The van der Waals surface area contributed by atoms with Crippen LogP contribution in [0.15, 0.2) is 23.3 Å². The Balaban J connectivity index is 0.00000320. The first-order valence-electron chi connectivity index (χ1n) is 11.3. The Hall–Kier alpha value is -1.13. The summed E-state index contributed by atoms with van der Waals surface area (Å²) in [5.74, 6) is 1.93. The third kappa shape index (κ3) is 8.93. The summed E-state index contributed by atoms with van der Waals surface area (Å²) in [4.78, 5) is 11.7. The van der Waals surface area contributed by atoms with Crippen molar-refractivity contribution in [1.29, 1.82) is 0 Å². The van der Waals surface area contributed by atoms with E-state index in [1.807, 2.05) is 6.20 Å². The number of aromatic nitrogens is 1. The monoisotopic (exact) mass is 531 g/mol. The number of guanidine groups is 1. The van der Waals surface area contributed by atoms with Crippen molar-refractivity contribution in [2.24, 2.45) is 4.99 Å². The summed E-state index contributed by atoms with van der Waals surface area (Å²) in [6.07, 6.45) is 9.30. The Kier molecular flexibility index (Phi) is 12.4. The van der Waals surface area contributed by atoms with Gasteiger partial charge >= 0.3 is 0 Å². The molecule has 170 valence electrons. The molecule has 2 aliphatic heterocycles. The minimum Gasteiger partial charge on any atom is -0.379 e. The maximum Gasteiger partial charge on any atom is 0.191 e. The molecule has 2 saturated heterocycles. The van der Waals surface area contributed by atoms with Crippen LogP contribution < -0.4 is 15.5 Å². The van der Waals surface area contributed by atoms with Gasteiger partial charge in [-0.15, -0.1) is 24.0 Å². The van der Waals surface area contributed by atoms with Crippen LogP contribution in [-0.2, 0) is 16.0 Å². The van der Waals surface area contributed by atoms with Gasteiger partial charge in [-0.25, -0.2) is 9.98 Å². The summed E-state index contributed by atoms with van der Waals surface area (Å²) in [6, 6.07) is 4.23. The third-order valence-corrected chi connectivity index (χ3v) is 5.34. The summed E-state index contributed by atoms with van der Waals surface area (Å²) in [7, 11) is 0. The molecule has 0 saturated carbocycles. The van der Waals surface area contributed by atoms with Crippen molar-refractivity contribution in [2.75, 3.05) is 50.9 Å². The van der Waals surface area contributed by atoms with E-state index in [1.54, 1.807) is 0 Å². The largest absolute Gasteiger partial charge is 0.379 e. The predicted octanol–water partition coefficient (Wildman–Crippen LogP) is 3.33. The third-order valence-electron chi connectivity index (χ3n) is 5.34. The molecule has 1 unspecified atom stereocenters. The van der Waals surface area contributed by atoms with Crippen LogP contribution in [0.1, 0.15) is 51.0 Å². The molecule has 0 aromatic carbocycles. The van der Waals surface area contributed by atoms with E-state index in [0.29, 0.717) is 12.6 Å². The Morgan fingerprint density at radius 3 is 2.90 bits per heavy atom. The first kappa shape index (κ1) is 25.1. The lowest BCUT2D eigenvalue weighted by atomic mass is 10.1. The zero-order valence-corrected chi connectivity index (χ0v) is 20.6. The lowest BCUT2D eigenvalue weighted by Crippen LogP contribution is -2.38. The molecule has 2 fully saturated rings. The predicted molar refractivity (Wildman–Crippen MR) is 133 cm³/mol. The summed E-state index contributed by atoms with van der Waals surface area (Å²) in [5, 5.41) is 6.72. The number of nitrogens with zero attached hydrogens (tertiary/aromatic N) is 3. The molecule has 3 rings (SSSR count). The first-order chi connectivity index (χ1) is 14.3. The molecule has 0 amide bonds. The van der Waals surface area contributed by atoms with E-state index in [0.717, 1.165) is 77.0 Å². The number of halogens is 1. The van der Waals surface area contributed by atoms with E-state index >= 15 is 0 Å². The fourth-order valence-corrected chi connectivity index (χ4v) is 3.74. The SMILES string of the molecule is CCNC(=NCc1ccnc(N2CCCCC2)c1)NCCCOCC1CCCO1.I. The van der Waals surface area contributed by atoms with Crippen LogP contribution in [0.2, 0.25) is 0 Å². The number of rotatable bonds is 10. The van der Waals surface area contributed by atoms with Gasteiger partial charge in [0.1, 0.15) is 5.82 Å². The van der Waals surface area contributed by atoms with Crippen LogP contribution in [0.4, 0.5) is 5.82 Å². The molecule has 7 nitrogen and oxygen atoms in total. The lowest BCUT2D eigenvalue weighted by Gasteiger charge is -2.27. The fraction of sp³-hybridized carbons (Fsp3) is 0.727. The Labute approximate surface area is 198 Å². The summed E-state index contributed by atoms with van der Waals surface area (Å²) in [6.45, 7) is 8.98. The van der Waals surface area contributed by atoms with Crippen molar-refractivity contribution < 1.29 is 9.47 Å². The minimum absolute atomic E-state index is 0. The van der Waals surface area contributed by atoms with Gasteiger partial charge < -0.3 is 25.0 Å². The van der Waals surface area contributed by atoms with Crippen molar-refractivity contribution in [3.8, 4) is 0 Å². The van der Waals surface area contributed by atoms with Gasteiger partial charge in [-0.2, -0.15) is 0 Å². The zero-order valence-electron chi connectivity index (χ0n) is 18.3. The van der Waals surface area contributed by atoms with Crippen LogP contribution in [0.5, 0.6) is 0 Å². The van der Waals surface area contributed by atoms with Gasteiger partial charge in [0.15, 0.2) is 5.96 Å². The van der Waals surface area contributed by atoms with Gasteiger partial charge in [0.2, 0.25) is 0 Å². The average molecular weight is 531 g/mol. The number of aliphatic imine (C=N–C) groups is 1. The maximum atomic E-state index is 5.72. The fourth-order valence-electron chi connectivity index (χ4n) is 3.74. The molecule has 0 bridgehead atoms. The molecule has 1 atom stereocenters. The van der Waals surface area contributed by atoms with Crippen molar-refractivity contribution in [1.82, 2.24) is 15.6 Å². The first-order valence-corrected chi connectivity index (χ1v) is 11.3. The molecule has 1 aromatic heterocycles. The van der Waals surface area contributed by atoms with Gasteiger partial charge in [-0.3, -0.25) is 0 Å². The minimum atomic E-state index is 0. The van der Waals surface area contributed by atoms with E-state index in [-0.39, 0.29) is 24.0 Å². The molecule has 0 radical (unpaired) electrons. The van der Waals surface area contributed by atoms with Gasteiger partial charge in [0, 0.05) is 45.6 Å². The second-order valence-electron chi connectivity index (χ2n) is 7.76. The van der Waals surface area contributed by atoms with Crippen LogP contribution in [0.3, 0.4) is 0 Å². The second kappa shape index (κ2) is 14.8. The van der Waals surface area contributed by atoms with Crippen LogP contribution in [-0.4, -0.2) is 63.0 Å². The number of anilines is 1. The Bertz CT molecular complexity index is 619. The topological polar surface area (TPSA) is 71.0 Å². The van der Waals surface area contributed by atoms with Gasteiger partial charge in [0.05, 0.1) is 19.3 Å². The maximum absolute atomic E-state index is 5.72. The van der Waals surface area contributed by atoms with E-state index < -0.39 is 0 Å². The Morgan fingerprint density at radius 1 is 1.27 bits per heavy atom. The van der Waals surface area contributed by atoms with Crippen LogP contribution in [0.25, 0.3) is 0 Å². The van der Waals surface area contributed by atoms with Crippen molar-refractivity contribution in [3.63, 3.8) is 0 Å². The zero-order chi connectivity index (χ0) is 20.2. The average Bonchev–Trinajstić information content (AvgIpc) is 3.29. The van der Waals surface area contributed by atoms with E-state index in [9.17, 15) is 0 Å². The summed E-state index contributed by atoms with van der Waals surface area (Å²) >= 11 is 0. The number of hydrogen-bond acceptors (Lipinski definition) is 5. The summed E-state index contributed by atoms with van der Waals surface area (Å²) < 4.78 is 11.3. The highest BCUT2D eigenvalue weighted by atomic mass is 127. The number of piperidine rings is 1. The van der Waals surface area contributed by atoms with E-state index in [2.05, 4.69) is 39.6 Å². The van der Waals surface area contributed by atoms with E-state index in [4.69, 9.17) is 14.5 Å². The molecule has 1 aromatic rings. The van der Waals surface area contributed by atoms with Crippen LogP contribution >= 0.6 is 24.0 Å². The quantitative estimate of drug-likeness (QED) is 0.209. The highest BCUT2D eigenvalue weighted by Gasteiger charge is 2.15. The second-order valence-corrected chi connectivity index (χ2v) is 7.76. The van der Waals surface area contributed by atoms with E-state index in [1.165, 1.54) is 24.8 Å². The highest BCUT2D eigenvalue weighted by Crippen LogP contribution is 2.18. The van der Waals surface area contributed by atoms with Gasteiger partial charge in [0.25, 0.3) is 0 Å². The number of nitrogens with one attached hydrogen (secondary N) is 2. The van der Waals surface area contributed by atoms with Crippen LogP contribution in [0, 0.1) is 0 Å². The molecule has 2 aliphatic rings. The highest BCUT2D eigenvalue weighted by molar-refractivity contribution is 14.0. The van der Waals surface area contributed by atoms with Gasteiger partial charge in [-0.1, -0.05) is 0 Å². The van der Waals surface area contributed by atoms with Crippen molar-refractivity contribution in [2.45, 2.75) is 58.1 Å². The summed E-state index contributed by atoms with van der Waals surface area (Å²) in [5.41, 5.74) is 1.19. The number of ether oxygens (including phenoxy) is 2. The van der Waals surface area contributed by atoms with Crippen molar-refractivity contribution in [3.05, 3.63) is 23.9 Å². The molecule has 3 heterocycles. The Morgan fingerprint density at radius 2 is 2.13 bits per heavy atom. The number of hydrogen-bond donors (Lipinski definition) is 2. The van der Waals surface area contributed by atoms with Gasteiger partial charge in [-0.05, 0) is 63.1 Å². The lowest BCUT2D eigenvalue weighted by molar-refractivity contribution is 0.0168. The molecule has 2 N–H and O–H groups in total. The standard InChI is InChI=1S/C22H37N5O2.HI/c1-2-23-22(25-10-7-14-28-18-20-8-6-15-29-20)26-17-19-9-11-24-21(16-19)27-12-4-3-5-13-27;/h9,11,16,20H,2-8,10,12-15,17-18H2,1H3,(H2,23,25,26);1H. The smallest absolute Gasteiger partial charge is 0.191 e. The van der Waals surface area contributed by atoms with Crippen molar-refractivity contribution >= 4 is 35.8 Å². The molecule has 0 aliphatic carbocycles. The molecular formula is C22H38IN5O2. The normalized spacial score (nSPS) is 19.4. The molecule has 0 spiro atoms. The molecule has 30 heavy (non-hydrogen) atoms. The molecule has 8 heteroatoms. The number of pyridine rings is 1.